The quantitative estimate of drug-likeness (QED) is 0.791. The van der Waals surface area contributed by atoms with Gasteiger partial charge in [-0.2, -0.15) is 5.26 Å². The Hall–Kier alpha value is -1.75. The number of sulfonamides is 1. The minimum absolute atomic E-state index is 0.00271. The number of nitrogens with zero attached hydrogens (tertiary/aromatic N) is 1. The van der Waals surface area contributed by atoms with Gasteiger partial charge in [-0.05, 0) is 52.3 Å². The fourth-order valence-electron chi connectivity index (χ4n) is 1.59. The van der Waals surface area contributed by atoms with Gasteiger partial charge in [-0.3, -0.25) is 4.72 Å². The Kier molecular flexibility index (Phi) is 4.42. The number of anilines is 2. The van der Waals surface area contributed by atoms with Crippen molar-refractivity contribution in [2.75, 3.05) is 10.5 Å². The second-order valence-corrected chi connectivity index (χ2v) is 7.01. The molecule has 3 N–H and O–H groups in total. The fourth-order valence-corrected chi connectivity index (χ4v) is 3.96. The lowest BCUT2D eigenvalue weighted by atomic mass is 10.2. The minimum atomic E-state index is -3.85. The molecule has 108 valence electrons. The molecule has 0 amide bonds. The summed E-state index contributed by atoms with van der Waals surface area (Å²) >= 11 is 9.13. The molecule has 8 heteroatoms. The molecule has 0 fully saturated rings. The van der Waals surface area contributed by atoms with Crippen molar-refractivity contribution >= 4 is 48.9 Å². The van der Waals surface area contributed by atoms with Gasteiger partial charge in [0, 0.05) is 10.2 Å². The molecular formula is C13H9BrClN3O2S. The fraction of sp³-hybridized carbons (Fsp3) is 0. The predicted octanol–water partition coefficient (Wildman–Crippen LogP) is 3.36. The van der Waals surface area contributed by atoms with E-state index >= 15 is 0 Å². The van der Waals surface area contributed by atoms with Crippen LogP contribution < -0.4 is 10.5 Å². The van der Waals surface area contributed by atoms with E-state index in [0.717, 1.165) is 0 Å². The topological polar surface area (TPSA) is 96.0 Å². The molecule has 2 aromatic rings. The van der Waals surface area contributed by atoms with Crippen LogP contribution in [0.5, 0.6) is 0 Å². The summed E-state index contributed by atoms with van der Waals surface area (Å²) in [5.41, 5.74) is 6.46. The number of nitrogen functional groups attached to an aromatic ring is 1. The lowest BCUT2D eigenvalue weighted by molar-refractivity contribution is 0.601. The summed E-state index contributed by atoms with van der Waals surface area (Å²) in [4.78, 5) is 0.00271. The molecule has 0 atom stereocenters. The third-order valence-corrected chi connectivity index (χ3v) is 5.26. The summed E-state index contributed by atoms with van der Waals surface area (Å²) < 4.78 is 27.5. The van der Waals surface area contributed by atoms with Crippen LogP contribution in [0.2, 0.25) is 5.02 Å². The van der Waals surface area contributed by atoms with Crippen LogP contribution in [0.25, 0.3) is 0 Å². The average molecular weight is 387 g/mol. The highest BCUT2D eigenvalue weighted by Gasteiger charge is 2.19. The van der Waals surface area contributed by atoms with E-state index in [0.29, 0.717) is 15.7 Å². The Morgan fingerprint density at radius 2 is 1.95 bits per heavy atom. The van der Waals surface area contributed by atoms with Crippen molar-refractivity contribution in [2.45, 2.75) is 4.90 Å². The smallest absolute Gasteiger partial charge is 0.263 e. The van der Waals surface area contributed by atoms with Gasteiger partial charge in [0.2, 0.25) is 0 Å². The van der Waals surface area contributed by atoms with Gasteiger partial charge < -0.3 is 5.73 Å². The Morgan fingerprint density at radius 1 is 1.24 bits per heavy atom. The average Bonchev–Trinajstić information content (AvgIpc) is 2.43. The molecule has 5 nitrogen and oxygen atoms in total. The van der Waals surface area contributed by atoms with Crippen LogP contribution in [0.4, 0.5) is 11.4 Å². The standard InChI is InChI=1S/C13H9BrClN3O2S/c14-10-3-2-9(17)6-13(10)21(19,20)18-12-4-1-8(7-16)5-11(12)15/h1-6,18H,17H2. The second kappa shape index (κ2) is 5.93. The Morgan fingerprint density at radius 3 is 2.57 bits per heavy atom. The third kappa shape index (κ3) is 3.47. The van der Waals surface area contributed by atoms with E-state index in [1.807, 2.05) is 6.07 Å². The molecule has 0 aromatic heterocycles. The molecule has 2 rings (SSSR count). The zero-order chi connectivity index (χ0) is 15.6. The molecule has 0 radical (unpaired) electrons. The summed E-state index contributed by atoms with van der Waals surface area (Å²) in [6, 6.07) is 10.7. The number of nitriles is 1. The first-order chi connectivity index (χ1) is 9.83. The van der Waals surface area contributed by atoms with Crippen LogP contribution in [0.3, 0.4) is 0 Å². The monoisotopic (exact) mass is 385 g/mol. The summed E-state index contributed by atoms with van der Waals surface area (Å²) in [6.07, 6.45) is 0. The first-order valence-electron chi connectivity index (χ1n) is 5.61. The van der Waals surface area contributed by atoms with E-state index in [1.165, 1.54) is 24.3 Å². The van der Waals surface area contributed by atoms with E-state index < -0.39 is 10.0 Å². The number of hydrogen-bond donors (Lipinski definition) is 2. The first kappa shape index (κ1) is 15.6. The van der Waals surface area contributed by atoms with Crippen LogP contribution in [0, 0.1) is 11.3 Å². The predicted molar refractivity (Wildman–Crippen MR) is 85.5 cm³/mol. The SMILES string of the molecule is N#Cc1ccc(NS(=O)(=O)c2cc(N)ccc2Br)c(Cl)c1. The number of nitrogens with one attached hydrogen (secondary N) is 1. The molecular weight excluding hydrogens is 378 g/mol. The minimum Gasteiger partial charge on any atom is -0.399 e. The number of nitrogens with two attached hydrogens (primary N) is 1. The van der Waals surface area contributed by atoms with Crippen molar-refractivity contribution in [3.05, 3.63) is 51.5 Å². The van der Waals surface area contributed by atoms with E-state index in [2.05, 4.69) is 20.7 Å². The van der Waals surface area contributed by atoms with Crippen molar-refractivity contribution in [3.63, 3.8) is 0 Å². The highest BCUT2D eigenvalue weighted by molar-refractivity contribution is 9.10. The second-order valence-electron chi connectivity index (χ2n) is 4.10. The van der Waals surface area contributed by atoms with Gasteiger partial charge in [0.15, 0.2) is 0 Å². The molecule has 2 aromatic carbocycles. The van der Waals surface area contributed by atoms with Crippen LogP contribution in [-0.2, 0) is 10.0 Å². The summed E-state index contributed by atoms with van der Waals surface area (Å²) in [5, 5.41) is 8.90. The maximum absolute atomic E-state index is 12.4. The van der Waals surface area contributed by atoms with Gasteiger partial charge in [0.25, 0.3) is 10.0 Å². The van der Waals surface area contributed by atoms with Crippen LogP contribution >= 0.6 is 27.5 Å². The Balaban J connectivity index is 2.43. The van der Waals surface area contributed by atoms with Gasteiger partial charge in [0.1, 0.15) is 4.90 Å². The van der Waals surface area contributed by atoms with Gasteiger partial charge in [-0.25, -0.2) is 8.42 Å². The molecule has 0 aliphatic heterocycles. The largest absolute Gasteiger partial charge is 0.399 e. The van der Waals surface area contributed by atoms with E-state index in [4.69, 9.17) is 22.6 Å². The number of halogens is 2. The highest BCUT2D eigenvalue weighted by atomic mass is 79.9. The van der Waals surface area contributed by atoms with E-state index in [-0.39, 0.29) is 15.6 Å². The Bertz CT molecular complexity index is 847. The van der Waals surface area contributed by atoms with Crippen molar-refractivity contribution in [1.29, 1.82) is 5.26 Å². The van der Waals surface area contributed by atoms with Crippen LogP contribution in [-0.4, -0.2) is 8.42 Å². The molecule has 0 heterocycles. The maximum atomic E-state index is 12.4. The molecule has 0 unspecified atom stereocenters. The molecule has 0 aliphatic carbocycles. The van der Waals surface area contributed by atoms with Gasteiger partial charge >= 0.3 is 0 Å². The van der Waals surface area contributed by atoms with Crippen LogP contribution in [0.15, 0.2) is 45.8 Å². The molecule has 0 saturated heterocycles. The number of hydrogen-bond acceptors (Lipinski definition) is 4. The van der Waals surface area contributed by atoms with Crippen molar-refractivity contribution in [1.82, 2.24) is 0 Å². The van der Waals surface area contributed by atoms with Gasteiger partial charge in [-0.1, -0.05) is 11.6 Å². The van der Waals surface area contributed by atoms with Crippen molar-refractivity contribution < 1.29 is 8.42 Å². The summed E-state index contributed by atoms with van der Waals surface area (Å²) in [7, 11) is -3.85. The first-order valence-corrected chi connectivity index (χ1v) is 8.26. The molecule has 0 aliphatic rings. The highest BCUT2D eigenvalue weighted by Crippen LogP contribution is 2.29. The molecule has 0 bridgehead atoms. The van der Waals surface area contributed by atoms with E-state index in [1.54, 1.807) is 12.1 Å². The van der Waals surface area contributed by atoms with E-state index in [9.17, 15) is 8.42 Å². The molecule has 0 saturated carbocycles. The molecule has 21 heavy (non-hydrogen) atoms. The maximum Gasteiger partial charge on any atom is 0.263 e. The molecule has 0 spiro atoms. The zero-order valence-electron chi connectivity index (χ0n) is 10.5. The Labute approximate surface area is 135 Å². The lowest BCUT2D eigenvalue weighted by Crippen LogP contribution is -2.14. The van der Waals surface area contributed by atoms with Crippen LogP contribution in [0.1, 0.15) is 5.56 Å². The van der Waals surface area contributed by atoms with Crippen molar-refractivity contribution in [3.8, 4) is 6.07 Å². The van der Waals surface area contributed by atoms with Gasteiger partial charge in [0.05, 0.1) is 22.3 Å². The summed E-state index contributed by atoms with van der Waals surface area (Å²) in [6.45, 7) is 0. The number of benzene rings is 2. The number of rotatable bonds is 3. The zero-order valence-corrected chi connectivity index (χ0v) is 13.6. The lowest BCUT2D eigenvalue weighted by Gasteiger charge is -2.11. The van der Waals surface area contributed by atoms with Gasteiger partial charge in [-0.15, -0.1) is 0 Å². The van der Waals surface area contributed by atoms with Crippen molar-refractivity contribution in [2.24, 2.45) is 0 Å². The normalized spacial score (nSPS) is 10.9. The third-order valence-electron chi connectivity index (χ3n) is 2.59. The summed E-state index contributed by atoms with van der Waals surface area (Å²) in [5.74, 6) is 0.